The van der Waals surface area contributed by atoms with E-state index in [9.17, 15) is 9.59 Å². The summed E-state index contributed by atoms with van der Waals surface area (Å²) in [7, 11) is 1.33. The Kier molecular flexibility index (Phi) is 6.64. The van der Waals surface area contributed by atoms with E-state index < -0.39 is 5.97 Å². The third kappa shape index (κ3) is 5.64. The summed E-state index contributed by atoms with van der Waals surface area (Å²) in [6.45, 7) is 0.918. The van der Waals surface area contributed by atoms with Gasteiger partial charge in [-0.25, -0.2) is 4.79 Å². The van der Waals surface area contributed by atoms with E-state index in [1.165, 1.54) is 7.11 Å². The van der Waals surface area contributed by atoms with Crippen molar-refractivity contribution in [2.75, 3.05) is 32.1 Å². The van der Waals surface area contributed by atoms with Crippen LogP contribution >= 0.6 is 0 Å². The van der Waals surface area contributed by atoms with Gasteiger partial charge in [-0.3, -0.25) is 4.79 Å². The van der Waals surface area contributed by atoms with Crippen LogP contribution in [0, 0.1) is 0 Å². The molecule has 126 valence electrons. The molecule has 6 nitrogen and oxygen atoms in total. The van der Waals surface area contributed by atoms with Crippen molar-refractivity contribution in [1.29, 1.82) is 0 Å². The van der Waals surface area contributed by atoms with E-state index >= 15 is 0 Å². The number of nitrogens with one attached hydrogen (secondary N) is 2. The Labute approximate surface area is 140 Å². The summed E-state index contributed by atoms with van der Waals surface area (Å²) in [4.78, 5) is 23.2. The molecule has 0 saturated heterocycles. The largest absolute Gasteiger partial charge is 0.492 e. The molecule has 2 aromatic rings. The molecule has 0 fully saturated rings. The molecule has 2 rings (SSSR count). The predicted molar refractivity (Wildman–Crippen MR) is 91.2 cm³/mol. The maximum atomic E-state index is 11.8. The van der Waals surface area contributed by atoms with Gasteiger partial charge in [-0.05, 0) is 30.3 Å². The standard InChI is InChI=1S/C18H20N2O4/c1-23-18(22)14-6-5-7-15(12-14)20-13-17(21)19-10-11-24-16-8-3-2-4-9-16/h2-9,12,20H,10-11,13H2,1H3,(H,19,21). The maximum Gasteiger partial charge on any atom is 0.337 e. The number of amides is 1. The highest BCUT2D eigenvalue weighted by Gasteiger charge is 2.06. The van der Waals surface area contributed by atoms with Crippen molar-refractivity contribution < 1.29 is 19.1 Å². The zero-order valence-electron chi connectivity index (χ0n) is 13.5. The number of carbonyl (C=O) groups excluding carboxylic acids is 2. The van der Waals surface area contributed by atoms with Crippen LogP contribution in [-0.4, -0.2) is 38.7 Å². The van der Waals surface area contributed by atoms with E-state index in [0.29, 0.717) is 24.4 Å². The quantitative estimate of drug-likeness (QED) is 0.573. The first kappa shape index (κ1) is 17.3. The highest BCUT2D eigenvalue weighted by molar-refractivity contribution is 5.90. The van der Waals surface area contributed by atoms with Gasteiger partial charge in [0.25, 0.3) is 0 Å². The Morgan fingerprint density at radius 2 is 1.83 bits per heavy atom. The smallest absolute Gasteiger partial charge is 0.337 e. The normalized spacial score (nSPS) is 9.88. The van der Waals surface area contributed by atoms with Crippen molar-refractivity contribution in [3.05, 3.63) is 60.2 Å². The van der Waals surface area contributed by atoms with Crippen LogP contribution in [0.5, 0.6) is 5.75 Å². The van der Waals surface area contributed by atoms with E-state index in [4.69, 9.17) is 4.74 Å². The first-order chi connectivity index (χ1) is 11.7. The van der Waals surface area contributed by atoms with E-state index in [1.807, 2.05) is 30.3 Å². The first-order valence-electron chi connectivity index (χ1n) is 7.56. The number of rotatable bonds is 8. The van der Waals surface area contributed by atoms with E-state index in [-0.39, 0.29) is 12.5 Å². The Morgan fingerprint density at radius 1 is 1.04 bits per heavy atom. The van der Waals surface area contributed by atoms with Gasteiger partial charge < -0.3 is 20.1 Å². The average molecular weight is 328 g/mol. The molecule has 0 saturated carbocycles. The van der Waals surface area contributed by atoms with Crippen LogP contribution in [0.1, 0.15) is 10.4 Å². The van der Waals surface area contributed by atoms with E-state index in [0.717, 1.165) is 5.75 Å². The molecule has 0 spiro atoms. The lowest BCUT2D eigenvalue weighted by Gasteiger charge is -2.09. The number of hydrogen-bond donors (Lipinski definition) is 2. The summed E-state index contributed by atoms with van der Waals surface area (Å²) >= 11 is 0. The second kappa shape index (κ2) is 9.19. The summed E-state index contributed by atoms with van der Waals surface area (Å²) in [5.74, 6) is 0.195. The molecular formula is C18H20N2O4. The first-order valence-corrected chi connectivity index (χ1v) is 7.56. The second-order valence-electron chi connectivity index (χ2n) is 4.94. The fourth-order valence-corrected chi connectivity index (χ4v) is 1.99. The number of para-hydroxylation sites is 1. The Balaban J connectivity index is 1.68. The second-order valence-corrected chi connectivity index (χ2v) is 4.94. The highest BCUT2D eigenvalue weighted by atomic mass is 16.5. The minimum absolute atomic E-state index is 0.107. The molecular weight excluding hydrogens is 308 g/mol. The zero-order valence-corrected chi connectivity index (χ0v) is 13.5. The minimum Gasteiger partial charge on any atom is -0.492 e. The van der Waals surface area contributed by atoms with Gasteiger partial charge in [-0.1, -0.05) is 24.3 Å². The topological polar surface area (TPSA) is 76.7 Å². The molecule has 0 unspecified atom stereocenters. The molecule has 0 radical (unpaired) electrons. The fourth-order valence-electron chi connectivity index (χ4n) is 1.99. The molecule has 6 heteroatoms. The summed E-state index contributed by atoms with van der Waals surface area (Å²) in [5.41, 5.74) is 1.10. The van der Waals surface area contributed by atoms with Gasteiger partial charge in [0, 0.05) is 5.69 Å². The number of anilines is 1. The molecule has 0 bridgehead atoms. The Bertz CT molecular complexity index is 674. The highest BCUT2D eigenvalue weighted by Crippen LogP contribution is 2.11. The number of methoxy groups -OCH3 is 1. The van der Waals surface area contributed by atoms with Gasteiger partial charge in [0.15, 0.2) is 0 Å². The van der Waals surface area contributed by atoms with Crippen LogP contribution in [0.3, 0.4) is 0 Å². The number of esters is 1. The van der Waals surface area contributed by atoms with Gasteiger partial charge in [0.1, 0.15) is 12.4 Å². The lowest BCUT2D eigenvalue weighted by atomic mass is 10.2. The summed E-state index contributed by atoms with van der Waals surface area (Å²) < 4.78 is 10.1. The van der Waals surface area contributed by atoms with Gasteiger partial charge in [0.05, 0.1) is 25.8 Å². The predicted octanol–water partition coefficient (Wildman–Crippen LogP) is 2.08. The van der Waals surface area contributed by atoms with E-state index in [1.54, 1.807) is 24.3 Å². The third-order valence-electron chi connectivity index (χ3n) is 3.17. The van der Waals surface area contributed by atoms with Crippen molar-refractivity contribution >= 4 is 17.6 Å². The summed E-state index contributed by atoms with van der Waals surface area (Å²) in [6.07, 6.45) is 0. The third-order valence-corrected chi connectivity index (χ3v) is 3.17. The molecule has 0 aromatic heterocycles. The number of benzene rings is 2. The molecule has 2 N–H and O–H groups in total. The molecule has 0 aliphatic heterocycles. The van der Waals surface area contributed by atoms with Crippen molar-refractivity contribution in [2.24, 2.45) is 0 Å². The fraction of sp³-hybridized carbons (Fsp3) is 0.222. The van der Waals surface area contributed by atoms with Crippen molar-refractivity contribution in [3.63, 3.8) is 0 Å². The molecule has 2 aromatic carbocycles. The van der Waals surface area contributed by atoms with Crippen LogP contribution in [0.4, 0.5) is 5.69 Å². The lowest BCUT2D eigenvalue weighted by molar-refractivity contribution is -0.119. The van der Waals surface area contributed by atoms with Crippen LogP contribution in [0.15, 0.2) is 54.6 Å². The lowest BCUT2D eigenvalue weighted by Crippen LogP contribution is -2.33. The monoisotopic (exact) mass is 328 g/mol. The molecule has 0 aliphatic rings. The molecule has 0 aliphatic carbocycles. The zero-order chi connectivity index (χ0) is 17.2. The van der Waals surface area contributed by atoms with Crippen molar-refractivity contribution in [1.82, 2.24) is 5.32 Å². The van der Waals surface area contributed by atoms with Crippen molar-refractivity contribution in [3.8, 4) is 5.75 Å². The van der Waals surface area contributed by atoms with Crippen LogP contribution in [0.2, 0.25) is 0 Å². The molecule has 0 heterocycles. The van der Waals surface area contributed by atoms with Crippen LogP contribution in [-0.2, 0) is 9.53 Å². The summed E-state index contributed by atoms with van der Waals surface area (Å²) in [6, 6.07) is 16.2. The number of ether oxygens (including phenoxy) is 2. The molecule has 0 atom stereocenters. The van der Waals surface area contributed by atoms with Crippen LogP contribution < -0.4 is 15.4 Å². The average Bonchev–Trinajstić information content (AvgIpc) is 2.64. The van der Waals surface area contributed by atoms with E-state index in [2.05, 4.69) is 15.4 Å². The van der Waals surface area contributed by atoms with Gasteiger partial charge in [-0.15, -0.1) is 0 Å². The number of hydrogen-bond acceptors (Lipinski definition) is 5. The number of carbonyl (C=O) groups is 2. The van der Waals surface area contributed by atoms with Gasteiger partial charge in [0.2, 0.25) is 5.91 Å². The Morgan fingerprint density at radius 3 is 2.58 bits per heavy atom. The maximum absolute atomic E-state index is 11.8. The Hall–Kier alpha value is -3.02. The minimum atomic E-state index is -0.416. The van der Waals surface area contributed by atoms with Gasteiger partial charge in [-0.2, -0.15) is 0 Å². The molecule has 1 amide bonds. The van der Waals surface area contributed by atoms with Crippen LogP contribution in [0.25, 0.3) is 0 Å². The van der Waals surface area contributed by atoms with Crippen molar-refractivity contribution in [2.45, 2.75) is 0 Å². The SMILES string of the molecule is COC(=O)c1cccc(NCC(=O)NCCOc2ccccc2)c1. The summed E-state index contributed by atoms with van der Waals surface area (Å²) in [5, 5.41) is 5.72. The molecule has 24 heavy (non-hydrogen) atoms. The van der Waals surface area contributed by atoms with Gasteiger partial charge >= 0.3 is 5.97 Å².